The third-order valence-corrected chi connectivity index (χ3v) is 4.47. The van der Waals surface area contributed by atoms with Crippen molar-refractivity contribution in [3.05, 3.63) is 0 Å². The van der Waals surface area contributed by atoms with Crippen LogP contribution in [0, 0.1) is 0 Å². The SMILES string of the molecule is O=C(NC1CCCCC1NC(=O)C(F)(F)C(F)(F)C(F)(F)F)C(F)(F)C(F)(F)C(F)(F)F. The van der Waals surface area contributed by atoms with Crippen molar-refractivity contribution in [2.24, 2.45) is 0 Å². The van der Waals surface area contributed by atoms with Gasteiger partial charge in [-0.1, -0.05) is 12.8 Å². The molecule has 0 radical (unpaired) electrons. The summed E-state index contributed by atoms with van der Waals surface area (Å²) in [4.78, 5) is 22.7. The molecule has 0 aliphatic heterocycles. The van der Waals surface area contributed by atoms with Crippen molar-refractivity contribution in [2.75, 3.05) is 0 Å². The molecule has 2 unspecified atom stereocenters. The van der Waals surface area contributed by atoms with E-state index in [-0.39, 0.29) is 12.8 Å². The lowest BCUT2D eigenvalue weighted by molar-refractivity contribution is -0.344. The molecule has 18 heteroatoms. The van der Waals surface area contributed by atoms with Crippen LogP contribution in [0.15, 0.2) is 0 Å². The normalized spacial score (nSPS) is 21.8. The number of nitrogens with one attached hydrogen (secondary N) is 2. The van der Waals surface area contributed by atoms with Crippen LogP contribution in [0.1, 0.15) is 25.7 Å². The van der Waals surface area contributed by atoms with Crippen molar-refractivity contribution >= 4 is 11.8 Å². The Bertz CT molecular complexity index is 655. The minimum Gasteiger partial charge on any atom is -0.346 e. The zero-order chi connectivity index (χ0) is 25.6. The zero-order valence-electron chi connectivity index (χ0n) is 15.1. The topological polar surface area (TPSA) is 58.2 Å². The second kappa shape index (κ2) is 8.39. The number of rotatable bonds is 6. The molecule has 0 bridgehead atoms. The van der Waals surface area contributed by atoms with Crippen molar-refractivity contribution in [2.45, 2.75) is 73.8 Å². The summed E-state index contributed by atoms with van der Waals surface area (Å²) >= 11 is 0. The van der Waals surface area contributed by atoms with E-state index in [1.807, 2.05) is 0 Å². The molecule has 32 heavy (non-hydrogen) atoms. The third-order valence-electron chi connectivity index (χ3n) is 4.47. The molecule has 0 saturated heterocycles. The monoisotopic (exact) mass is 506 g/mol. The quantitative estimate of drug-likeness (QED) is 0.531. The highest BCUT2D eigenvalue weighted by atomic mass is 19.4. The Labute approximate surface area is 168 Å². The van der Waals surface area contributed by atoms with E-state index in [0.717, 1.165) is 10.6 Å². The van der Waals surface area contributed by atoms with Crippen LogP contribution in [-0.2, 0) is 9.59 Å². The molecule has 1 saturated carbocycles. The van der Waals surface area contributed by atoms with E-state index in [9.17, 15) is 71.1 Å². The predicted molar refractivity (Wildman–Crippen MR) is 74.2 cm³/mol. The van der Waals surface area contributed by atoms with Crippen LogP contribution in [0.5, 0.6) is 0 Å². The number of alkyl halides is 14. The van der Waals surface area contributed by atoms with Crippen LogP contribution in [0.3, 0.4) is 0 Å². The molecule has 1 fully saturated rings. The molecule has 0 aromatic heterocycles. The van der Waals surface area contributed by atoms with E-state index < -0.39 is 72.8 Å². The maximum absolute atomic E-state index is 13.4. The molecular weight excluding hydrogens is 494 g/mol. The largest absolute Gasteiger partial charge is 0.460 e. The van der Waals surface area contributed by atoms with Gasteiger partial charge in [0.15, 0.2) is 0 Å². The van der Waals surface area contributed by atoms with Crippen LogP contribution >= 0.6 is 0 Å². The molecule has 0 heterocycles. The predicted octanol–water partition coefficient (Wildman–Crippen LogP) is 4.20. The van der Waals surface area contributed by atoms with E-state index in [1.165, 1.54) is 0 Å². The number of halogens is 14. The molecule has 0 aromatic rings. The molecule has 0 spiro atoms. The summed E-state index contributed by atoms with van der Waals surface area (Å²) in [6, 6.07) is -4.13. The van der Waals surface area contributed by atoms with Crippen molar-refractivity contribution < 1.29 is 71.1 Å². The number of amides is 2. The Morgan fingerprint density at radius 3 is 1.00 bits per heavy atom. The van der Waals surface area contributed by atoms with E-state index in [4.69, 9.17) is 0 Å². The van der Waals surface area contributed by atoms with Gasteiger partial charge in [0.25, 0.3) is 11.8 Å². The number of hydrogen-bond donors (Lipinski definition) is 2. The van der Waals surface area contributed by atoms with Gasteiger partial charge < -0.3 is 10.6 Å². The van der Waals surface area contributed by atoms with Gasteiger partial charge >= 0.3 is 36.0 Å². The van der Waals surface area contributed by atoms with Crippen molar-refractivity contribution in [3.8, 4) is 0 Å². The van der Waals surface area contributed by atoms with E-state index in [2.05, 4.69) is 0 Å². The molecule has 1 rings (SSSR count). The third kappa shape index (κ3) is 4.82. The summed E-state index contributed by atoms with van der Waals surface area (Å²) in [6.45, 7) is 0. The molecule has 0 aromatic carbocycles. The van der Waals surface area contributed by atoms with Gasteiger partial charge in [-0.05, 0) is 12.8 Å². The van der Waals surface area contributed by atoms with E-state index >= 15 is 0 Å². The fourth-order valence-electron chi connectivity index (χ4n) is 2.64. The average Bonchev–Trinajstić information content (AvgIpc) is 2.60. The minimum atomic E-state index is -6.89. The maximum atomic E-state index is 13.4. The molecule has 1 aliphatic rings. The van der Waals surface area contributed by atoms with Gasteiger partial charge in [0.05, 0.1) is 0 Å². The smallest absolute Gasteiger partial charge is 0.346 e. The highest BCUT2D eigenvalue weighted by molar-refractivity contribution is 5.86. The molecule has 4 nitrogen and oxygen atoms in total. The van der Waals surface area contributed by atoms with Gasteiger partial charge in [-0.25, -0.2) is 0 Å². The summed E-state index contributed by atoms with van der Waals surface area (Å²) in [5, 5.41) is 1.95. The summed E-state index contributed by atoms with van der Waals surface area (Å²) in [7, 11) is 0. The van der Waals surface area contributed by atoms with Crippen LogP contribution in [0.25, 0.3) is 0 Å². The van der Waals surface area contributed by atoms with Crippen LogP contribution in [-0.4, -0.2) is 59.9 Å². The lowest BCUT2D eigenvalue weighted by Crippen LogP contribution is -2.65. The first-order valence-electron chi connectivity index (χ1n) is 8.28. The second-order valence-electron chi connectivity index (χ2n) is 6.74. The summed E-state index contributed by atoms with van der Waals surface area (Å²) in [5.41, 5.74) is 0. The first-order chi connectivity index (χ1) is 14.0. The van der Waals surface area contributed by atoms with Crippen molar-refractivity contribution in [1.29, 1.82) is 0 Å². The Morgan fingerprint density at radius 1 is 0.531 bits per heavy atom. The Hall–Kier alpha value is -2.04. The second-order valence-corrected chi connectivity index (χ2v) is 6.74. The Balaban J connectivity index is 3.07. The minimum absolute atomic E-state index is 0.0896. The lowest BCUT2D eigenvalue weighted by Gasteiger charge is -2.36. The summed E-state index contributed by atoms with van der Waals surface area (Å²) < 4.78 is 178. The Kier molecular flexibility index (Phi) is 7.34. The zero-order valence-corrected chi connectivity index (χ0v) is 15.1. The van der Waals surface area contributed by atoms with Gasteiger partial charge in [0.1, 0.15) is 0 Å². The van der Waals surface area contributed by atoms with Crippen molar-refractivity contribution in [3.63, 3.8) is 0 Å². The van der Waals surface area contributed by atoms with Gasteiger partial charge in [-0.2, -0.15) is 61.5 Å². The van der Waals surface area contributed by atoms with Crippen LogP contribution < -0.4 is 10.6 Å². The molecule has 2 N–H and O–H groups in total. The molecule has 2 atom stereocenters. The van der Waals surface area contributed by atoms with Crippen LogP contribution in [0.2, 0.25) is 0 Å². The lowest BCUT2D eigenvalue weighted by atomic mass is 9.89. The fraction of sp³-hybridized carbons (Fsp3) is 0.857. The molecule has 2 amide bonds. The fourth-order valence-corrected chi connectivity index (χ4v) is 2.64. The highest BCUT2D eigenvalue weighted by Crippen LogP contribution is 2.48. The molecule has 188 valence electrons. The maximum Gasteiger partial charge on any atom is 0.460 e. The van der Waals surface area contributed by atoms with Gasteiger partial charge in [-0.3, -0.25) is 9.59 Å². The number of carbonyl (C=O) groups excluding carboxylic acids is 2. The Morgan fingerprint density at radius 2 is 0.781 bits per heavy atom. The van der Waals surface area contributed by atoms with Gasteiger partial charge in [-0.15, -0.1) is 0 Å². The summed E-state index contributed by atoms with van der Waals surface area (Å²) in [6.07, 6.45) is -15.2. The summed E-state index contributed by atoms with van der Waals surface area (Å²) in [5.74, 6) is -33.1. The molecular formula is C14H12F14N2O2. The van der Waals surface area contributed by atoms with Gasteiger partial charge in [0.2, 0.25) is 0 Å². The number of carbonyl (C=O) groups is 2. The highest BCUT2D eigenvalue weighted by Gasteiger charge is 2.77. The number of hydrogen-bond acceptors (Lipinski definition) is 2. The average molecular weight is 506 g/mol. The van der Waals surface area contributed by atoms with Crippen molar-refractivity contribution in [1.82, 2.24) is 10.6 Å². The first kappa shape index (κ1) is 28.0. The standard InChI is InChI=1S/C14H12F14N2O2/c15-9(16,11(19,20)13(23,24)25)7(31)29-5-3-1-2-4-6(5)30-8(32)10(17,18)12(21,22)14(26,27)28/h5-6H,1-4H2,(H,29,31)(H,30,32). The first-order valence-corrected chi connectivity index (χ1v) is 8.28. The van der Waals surface area contributed by atoms with Crippen LogP contribution in [0.4, 0.5) is 61.5 Å². The molecule has 1 aliphatic carbocycles. The van der Waals surface area contributed by atoms with E-state index in [0.29, 0.717) is 0 Å². The van der Waals surface area contributed by atoms with E-state index in [1.54, 1.807) is 0 Å². The van der Waals surface area contributed by atoms with Gasteiger partial charge in [0, 0.05) is 12.1 Å².